The molecule has 0 bridgehead atoms. The summed E-state index contributed by atoms with van der Waals surface area (Å²) in [7, 11) is 0. The molecule has 0 aromatic heterocycles. The van der Waals surface area contributed by atoms with Gasteiger partial charge in [0.1, 0.15) is 0 Å². The number of halogens is 3. The molecule has 1 N–H and O–H groups in total. The molecule has 1 heterocycles. The Kier molecular flexibility index (Phi) is 13.7. The van der Waals surface area contributed by atoms with E-state index >= 15 is 0 Å². The number of thioether (sulfide) groups is 1. The topological polar surface area (TPSA) is 35.6 Å². The largest absolute Gasteiger partial charge is 0.344 e. The summed E-state index contributed by atoms with van der Waals surface area (Å²) in [6, 6.07) is 8.59. The van der Waals surface area contributed by atoms with E-state index in [2.05, 4.69) is 27.2 Å². The molecule has 0 radical (unpaired) electrons. The van der Waals surface area contributed by atoms with Gasteiger partial charge >= 0.3 is 0 Å². The Morgan fingerprint density at radius 3 is 2.28 bits per heavy atom. The van der Waals surface area contributed by atoms with Gasteiger partial charge in [0.15, 0.2) is 0 Å². The third kappa shape index (κ3) is 10.1. The maximum atomic E-state index is 12.0. The third-order valence-corrected chi connectivity index (χ3v) is 6.69. The lowest BCUT2D eigenvalue weighted by atomic mass is 9.96. The van der Waals surface area contributed by atoms with Gasteiger partial charge in [0, 0.05) is 49.5 Å². The average molecular weight is 483 g/mol. The quantitative estimate of drug-likeness (QED) is 0.523. The van der Waals surface area contributed by atoms with Gasteiger partial charge in [-0.05, 0) is 43.5 Å². The fourth-order valence-corrected chi connectivity index (χ4v) is 4.76. The Bertz CT molecular complexity index is 577. The molecule has 3 rings (SSSR count). The second kappa shape index (κ2) is 14.8. The molecule has 8 heteroatoms. The number of carbonyl (C=O) groups is 1. The van der Waals surface area contributed by atoms with Crippen LogP contribution in [0.2, 0.25) is 5.02 Å². The van der Waals surface area contributed by atoms with Crippen molar-refractivity contribution in [2.45, 2.75) is 51.1 Å². The first kappa shape index (κ1) is 26.9. The van der Waals surface area contributed by atoms with Crippen LogP contribution in [-0.2, 0) is 6.54 Å². The van der Waals surface area contributed by atoms with Gasteiger partial charge in [0.05, 0.1) is 0 Å². The molecule has 0 atom stereocenters. The number of hydrogen-bond acceptors (Lipinski definition) is 4. The van der Waals surface area contributed by atoms with Crippen molar-refractivity contribution < 1.29 is 4.79 Å². The van der Waals surface area contributed by atoms with Crippen LogP contribution >= 0.6 is 48.2 Å². The van der Waals surface area contributed by atoms with Crippen molar-refractivity contribution in [3.8, 4) is 0 Å². The number of carbonyl (C=O) groups excluding carboxylic acids is 1. The summed E-state index contributed by atoms with van der Waals surface area (Å²) >= 11 is 7.42. The number of nitrogens with zero attached hydrogens (tertiary/aromatic N) is 2. The highest BCUT2D eigenvalue weighted by molar-refractivity contribution is 8.13. The number of rotatable bonds is 7. The standard InChI is InChI=1S/C21H32ClN3OS.2ClH/c22-19-9-7-18(8-10-19)17-25-14-12-24(13-15-25)11-4-16-27-21(26)23-20-5-2-1-3-6-20;;/h7-10,20H,1-6,11-17H2,(H,23,26);2*1H. The zero-order valence-corrected chi connectivity index (χ0v) is 20.2. The van der Waals surface area contributed by atoms with Crippen LogP contribution in [0.1, 0.15) is 44.1 Å². The minimum atomic E-state index is 0. The first-order chi connectivity index (χ1) is 13.2. The van der Waals surface area contributed by atoms with Crippen LogP contribution in [0.5, 0.6) is 0 Å². The zero-order valence-electron chi connectivity index (χ0n) is 17.0. The van der Waals surface area contributed by atoms with Crippen LogP contribution in [0, 0.1) is 0 Å². The summed E-state index contributed by atoms with van der Waals surface area (Å²) in [5.41, 5.74) is 1.33. The molecule has 4 nitrogen and oxygen atoms in total. The molecule has 29 heavy (non-hydrogen) atoms. The molecule has 2 fully saturated rings. The fourth-order valence-electron chi connectivity index (χ4n) is 3.93. The average Bonchev–Trinajstić information content (AvgIpc) is 2.69. The Morgan fingerprint density at radius 1 is 1.00 bits per heavy atom. The van der Waals surface area contributed by atoms with Crippen LogP contribution in [0.4, 0.5) is 4.79 Å². The molecule has 166 valence electrons. The first-order valence-electron chi connectivity index (χ1n) is 10.3. The number of benzene rings is 1. The molecule has 1 aromatic carbocycles. The van der Waals surface area contributed by atoms with Gasteiger partial charge in [-0.2, -0.15) is 0 Å². The summed E-state index contributed by atoms with van der Waals surface area (Å²) < 4.78 is 0. The van der Waals surface area contributed by atoms with Gasteiger partial charge in [-0.25, -0.2) is 0 Å². The number of amides is 1. The highest BCUT2D eigenvalue weighted by Crippen LogP contribution is 2.19. The van der Waals surface area contributed by atoms with E-state index in [1.165, 1.54) is 36.6 Å². The zero-order chi connectivity index (χ0) is 18.9. The molecule has 1 saturated carbocycles. The van der Waals surface area contributed by atoms with Crippen molar-refractivity contribution in [2.24, 2.45) is 0 Å². The Balaban J connectivity index is 0.00000210. The van der Waals surface area contributed by atoms with Gasteiger partial charge in [0.2, 0.25) is 0 Å². The van der Waals surface area contributed by atoms with Crippen LogP contribution in [-0.4, -0.2) is 59.6 Å². The van der Waals surface area contributed by atoms with Crippen molar-refractivity contribution in [1.82, 2.24) is 15.1 Å². The summed E-state index contributed by atoms with van der Waals surface area (Å²) in [5.74, 6) is 0.920. The highest BCUT2D eigenvalue weighted by Gasteiger charge is 2.18. The Morgan fingerprint density at radius 2 is 1.62 bits per heavy atom. The molecule has 0 unspecified atom stereocenters. The van der Waals surface area contributed by atoms with Gasteiger partial charge in [-0.15, -0.1) is 24.8 Å². The summed E-state index contributed by atoms with van der Waals surface area (Å²) in [5, 5.41) is 4.16. The summed E-state index contributed by atoms with van der Waals surface area (Å²) in [6.07, 6.45) is 7.25. The van der Waals surface area contributed by atoms with Crippen molar-refractivity contribution >= 4 is 53.4 Å². The number of hydrogen-bond donors (Lipinski definition) is 1. The van der Waals surface area contributed by atoms with Crippen LogP contribution in [0.3, 0.4) is 0 Å². The maximum absolute atomic E-state index is 12.0. The smallest absolute Gasteiger partial charge is 0.279 e. The van der Waals surface area contributed by atoms with E-state index in [-0.39, 0.29) is 30.1 Å². The molecule has 1 amide bonds. The van der Waals surface area contributed by atoms with Crippen LogP contribution < -0.4 is 5.32 Å². The van der Waals surface area contributed by atoms with Gasteiger partial charge in [0.25, 0.3) is 5.24 Å². The number of piperazine rings is 1. The van der Waals surface area contributed by atoms with Crippen molar-refractivity contribution in [2.75, 3.05) is 38.5 Å². The highest BCUT2D eigenvalue weighted by atomic mass is 35.5. The number of nitrogens with one attached hydrogen (secondary N) is 1. The molecule has 1 aliphatic heterocycles. The third-order valence-electron chi connectivity index (χ3n) is 5.56. The Labute approximate surface area is 197 Å². The lowest BCUT2D eigenvalue weighted by Gasteiger charge is -2.34. The van der Waals surface area contributed by atoms with E-state index in [0.717, 1.165) is 69.3 Å². The minimum Gasteiger partial charge on any atom is -0.344 e. The normalized spacial score (nSPS) is 18.5. The molecule has 1 aliphatic carbocycles. The second-order valence-corrected chi connectivity index (χ2v) is 9.22. The molecular weight excluding hydrogens is 449 g/mol. The van der Waals surface area contributed by atoms with Crippen molar-refractivity contribution in [3.05, 3.63) is 34.9 Å². The SMILES string of the molecule is Cl.Cl.O=C(NC1CCCCC1)SCCCN1CCN(Cc2ccc(Cl)cc2)CC1. The second-order valence-electron chi connectivity index (χ2n) is 7.71. The predicted octanol–water partition coefficient (Wildman–Crippen LogP) is 5.47. The summed E-state index contributed by atoms with van der Waals surface area (Å²) in [4.78, 5) is 17.1. The molecule has 0 spiro atoms. The predicted molar refractivity (Wildman–Crippen MR) is 130 cm³/mol. The lowest BCUT2D eigenvalue weighted by Crippen LogP contribution is -2.46. The van der Waals surface area contributed by atoms with Crippen LogP contribution in [0.25, 0.3) is 0 Å². The Hall–Kier alpha value is -0.170. The molecule has 1 saturated heterocycles. The lowest BCUT2D eigenvalue weighted by molar-refractivity contribution is 0.127. The molecule has 1 aromatic rings. The fraction of sp³-hybridized carbons (Fsp3) is 0.667. The van der Waals surface area contributed by atoms with Gasteiger partial charge < -0.3 is 10.2 Å². The van der Waals surface area contributed by atoms with E-state index in [4.69, 9.17) is 11.6 Å². The van der Waals surface area contributed by atoms with E-state index in [1.807, 2.05) is 12.1 Å². The first-order valence-corrected chi connectivity index (χ1v) is 11.7. The minimum absolute atomic E-state index is 0. The maximum Gasteiger partial charge on any atom is 0.279 e. The van der Waals surface area contributed by atoms with E-state index in [9.17, 15) is 4.79 Å². The van der Waals surface area contributed by atoms with E-state index < -0.39 is 0 Å². The summed E-state index contributed by atoms with van der Waals surface area (Å²) in [6.45, 7) is 6.55. The molecule has 2 aliphatic rings. The van der Waals surface area contributed by atoms with Crippen molar-refractivity contribution in [3.63, 3.8) is 0 Å². The van der Waals surface area contributed by atoms with E-state index in [0.29, 0.717) is 6.04 Å². The molecular formula is C21H34Cl3N3OS. The van der Waals surface area contributed by atoms with Gasteiger partial charge in [-0.1, -0.05) is 54.8 Å². The van der Waals surface area contributed by atoms with E-state index in [1.54, 1.807) is 0 Å². The van der Waals surface area contributed by atoms with Crippen molar-refractivity contribution in [1.29, 1.82) is 0 Å². The monoisotopic (exact) mass is 481 g/mol. The van der Waals surface area contributed by atoms with Crippen LogP contribution in [0.15, 0.2) is 24.3 Å². The van der Waals surface area contributed by atoms with Gasteiger partial charge in [-0.3, -0.25) is 9.69 Å².